The molecule has 106 valence electrons. The second kappa shape index (κ2) is 4.70. The highest BCUT2D eigenvalue weighted by atomic mass is 16.2. The first-order valence-corrected chi connectivity index (χ1v) is 6.83. The zero-order valence-corrected chi connectivity index (χ0v) is 11.8. The van der Waals surface area contributed by atoms with Gasteiger partial charge in [-0.25, -0.2) is 0 Å². The third-order valence-corrected chi connectivity index (χ3v) is 3.97. The highest BCUT2D eigenvalue weighted by molar-refractivity contribution is 5.98. The van der Waals surface area contributed by atoms with Gasteiger partial charge in [0.2, 0.25) is 0 Å². The highest BCUT2D eigenvalue weighted by Crippen LogP contribution is 2.33. The third-order valence-electron chi connectivity index (χ3n) is 3.97. The average Bonchev–Trinajstić information content (AvgIpc) is 3.11. The van der Waals surface area contributed by atoms with E-state index in [1.807, 2.05) is 30.2 Å². The Morgan fingerprint density at radius 1 is 1.55 bits per heavy atom. The maximum absolute atomic E-state index is 12.8. The molecule has 0 aliphatic carbocycles. The Labute approximate surface area is 117 Å². The molecule has 0 saturated carbocycles. The van der Waals surface area contributed by atoms with E-state index in [-0.39, 0.29) is 11.9 Å². The van der Waals surface area contributed by atoms with Gasteiger partial charge >= 0.3 is 0 Å². The molecule has 2 aromatic rings. The summed E-state index contributed by atoms with van der Waals surface area (Å²) in [5, 5.41) is 4.23. The first-order valence-electron chi connectivity index (χ1n) is 6.83. The summed E-state index contributed by atoms with van der Waals surface area (Å²) in [4.78, 5) is 17.9. The van der Waals surface area contributed by atoms with Gasteiger partial charge in [0.1, 0.15) is 5.69 Å². The number of aromatic nitrogens is 3. The Kier molecular flexibility index (Phi) is 3.00. The zero-order chi connectivity index (χ0) is 14.3. The van der Waals surface area contributed by atoms with Crippen LogP contribution in [0.25, 0.3) is 0 Å². The van der Waals surface area contributed by atoms with Gasteiger partial charge in [0.25, 0.3) is 5.91 Å². The Bertz CT molecular complexity index is 628. The van der Waals surface area contributed by atoms with E-state index in [1.165, 1.54) is 0 Å². The number of aromatic amines is 1. The number of anilines is 1. The van der Waals surface area contributed by atoms with Crippen LogP contribution in [0, 0.1) is 6.92 Å². The van der Waals surface area contributed by atoms with Crippen LogP contribution in [0.1, 0.15) is 40.8 Å². The monoisotopic (exact) mass is 273 g/mol. The molecule has 1 amide bonds. The summed E-state index contributed by atoms with van der Waals surface area (Å²) in [5.74, 6) is -0.0392. The number of nitrogen functional groups attached to an aromatic ring is 1. The number of hydrogen-bond donors (Lipinski definition) is 2. The second-order valence-electron chi connectivity index (χ2n) is 5.25. The Morgan fingerprint density at radius 2 is 2.35 bits per heavy atom. The van der Waals surface area contributed by atoms with Crippen LogP contribution >= 0.6 is 0 Å². The van der Waals surface area contributed by atoms with Crippen molar-refractivity contribution >= 4 is 11.6 Å². The van der Waals surface area contributed by atoms with Gasteiger partial charge in [-0.3, -0.25) is 9.48 Å². The molecule has 3 heterocycles. The van der Waals surface area contributed by atoms with Crippen molar-refractivity contribution in [2.24, 2.45) is 7.05 Å². The second-order valence-corrected chi connectivity index (χ2v) is 5.25. The van der Waals surface area contributed by atoms with Crippen LogP contribution < -0.4 is 5.73 Å². The number of likely N-dealkylation sites (tertiary alicyclic amines) is 1. The lowest BCUT2D eigenvalue weighted by molar-refractivity contribution is 0.0723. The van der Waals surface area contributed by atoms with Gasteiger partial charge in [0, 0.05) is 25.5 Å². The first-order chi connectivity index (χ1) is 9.59. The summed E-state index contributed by atoms with van der Waals surface area (Å²) in [5.41, 5.74) is 8.74. The number of rotatable bonds is 2. The van der Waals surface area contributed by atoms with Gasteiger partial charge in [-0.2, -0.15) is 5.10 Å². The van der Waals surface area contributed by atoms with Crippen molar-refractivity contribution in [3.63, 3.8) is 0 Å². The molecule has 1 fully saturated rings. The van der Waals surface area contributed by atoms with E-state index >= 15 is 0 Å². The molecular weight excluding hydrogens is 254 g/mol. The van der Waals surface area contributed by atoms with Crippen LogP contribution in [0.15, 0.2) is 18.3 Å². The number of hydrogen-bond acceptors (Lipinski definition) is 3. The molecule has 1 aliphatic rings. The topological polar surface area (TPSA) is 79.9 Å². The van der Waals surface area contributed by atoms with Gasteiger partial charge in [0.15, 0.2) is 0 Å². The minimum Gasteiger partial charge on any atom is -0.395 e. The molecule has 1 aliphatic heterocycles. The fourth-order valence-electron chi connectivity index (χ4n) is 2.95. The van der Waals surface area contributed by atoms with E-state index in [9.17, 15) is 4.79 Å². The summed E-state index contributed by atoms with van der Waals surface area (Å²) in [6.45, 7) is 2.57. The maximum Gasteiger partial charge on any atom is 0.274 e. The quantitative estimate of drug-likeness (QED) is 0.872. The lowest BCUT2D eigenvalue weighted by Gasteiger charge is -2.24. The molecule has 0 bridgehead atoms. The van der Waals surface area contributed by atoms with Gasteiger partial charge < -0.3 is 15.6 Å². The molecule has 0 radical (unpaired) electrons. The normalized spacial score (nSPS) is 18.7. The molecular formula is C14H19N5O. The van der Waals surface area contributed by atoms with Crippen molar-refractivity contribution in [2.75, 3.05) is 12.3 Å². The van der Waals surface area contributed by atoms with Gasteiger partial charge in [-0.1, -0.05) is 0 Å². The standard InChI is InChI=1S/C14H19N5O/c1-9-12(15)13(18(2)17-9)14(20)19-8-4-6-11(19)10-5-3-7-16-10/h3,5,7,11,16H,4,6,8,15H2,1-2H3. The molecule has 20 heavy (non-hydrogen) atoms. The lowest BCUT2D eigenvalue weighted by Crippen LogP contribution is -2.32. The minimum absolute atomic E-state index is 0.0392. The molecule has 3 N–H and O–H groups in total. The predicted molar refractivity (Wildman–Crippen MR) is 76.2 cm³/mol. The van der Waals surface area contributed by atoms with E-state index in [1.54, 1.807) is 11.7 Å². The predicted octanol–water partition coefficient (Wildman–Crippen LogP) is 1.62. The van der Waals surface area contributed by atoms with Gasteiger partial charge in [-0.05, 0) is 31.9 Å². The number of aryl methyl sites for hydroxylation is 2. The number of H-pyrrole nitrogens is 1. The van der Waals surface area contributed by atoms with Crippen LogP contribution in [-0.2, 0) is 7.05 Å². The first kappa shape index (κ1) is 12.8. The van der Waals surface area contributed by atoms with Crippen LogP contribution in [0.3, 0.4) is 0 Å². The highest BCUT2D eigenvalue weighted by Gasteiger charge is 2.33. The van der Waals surface area contributed by atoms with Crippen molar-refractivity contribution in [3.8, 4) is 0 Å². The summed E-state index contributed by atoms with van der Waals surface area (Å²) in [7, 11) is 1.76. The fourth-order valence-corrected chi connectivity index (χ4v) is 2.95. The van der Waals surface area contributed by atoms with Crippen molar-refractivity contribution in [1.29, 1.82) is 0 Å². The summed E-state index contributed by atoms with van der Waals surface area (Å²) < 4.78 is 1.58. The molecule has 1 unspecified atom stereocenters. The number of nitrogens with one attached hydrogen (secondary N) is 1. The summed E-state index contributed by atoms with van der Waals surface area (Å²) in [6, 6.07) is 4.08. The van der Waals surface area contributed by atoms with Crippen LogP contribution in [0.4, 0.5) is 5.69 Å². The van der Waals surface area contributed by atoms with Crippen LogP contribution in [-0.4, -0.2) is 32.1 Å². The molecule has 6 heteroatoms. The Morgan fingerprint density at radius 3 is 2.95 bits per heavy atom. The smallest absolute Gasteiger partial charge is 0.274 e. The average molecular weight is 273 g/mol. The molecule has 3 rings (SSSR count). The number of carbonyl (C=O) groups excluding carboxylic acids is 1. The Balaban J connectivity index is 1.94. The van der Waals surface area contributed by atoms with Crippen molar-refractivity contribution < 1.29 is 4.79 Å². The fraction of sp³-hybridized carbons (Fsp3) is 0.429. The van der Waals surface area contributed by atoms with Crippen LogP contribution in [0.5, 0.6) is 0 Å². The molecule has 0 aromatic carbocycles. The number of amides is 1. The molecule has 6 nitrogen and oxygen atoms in total. The third kappa shape index (κ3) is 1.88. The number of carbonyl (C=O) groups is 1. The van der Waals surface area contributed by atoms with Gasteiger partial charge in [-0.15, -0.1) is 0 Å². The van der Waals surface area contributed by atoms with E-state index in [0.29, 0.717) is 17.1 Å². The maximum atomic E-state index is 12.8. The zero-order valence-electron chi connectivity index (χ0n) is 11.8. The van der Waals surface area contributed by atoms with E-state index in [0.717, 1.165) is 25.1 Å². The number of nitrogens with two attached hydrogens (primary N) is 1. The van der Waals surface area contributed by atoms with E-state index in [4.69, 9.17) is 5.73 Å². The van der Waals surface area contributed by atoms with Crippen molar-refractivity contribution in [2.45, 2.75) is 25.8 Å². The van der Waals surface area contributed by atoms with Gasteiger partial charge in [0.05, 0.1) is 17.4 Å². The largest absolute Gasteiger partial charge is 0.395 e. The summed E-state index contributed by atoms with van der Waals surface area (Å²) in [6.07, 6.45) is 3.87. The lowest BCUT2D eigenvalue weighted by atomic mass is 10.1. The molecule has 1 atom stereocenters. The van der Waals surface area contributed by atoms with E-state index in [2.05, 4.69) is 10.1 Å². The SMILES string of the molecule is Cc1nn(C)c(C(=O)N2CCCC2c2ccc[nH]2)c1N. The number of nitrogens with zero attached hydrogens (tertiary/aromatic N) is 3. The molecule has 0 spiro atoms. The van der Waals surface area contributed by atoms with E-state index < -0.39 is 0 Å². The Hall–Kier alpha value is -2.24. The summed E-state index contributed by atoms with van der Waals surface area (Å²) >= 11 is 0. The molecule has 2 aromatic heterocycles. The van der Waals surface area contributed by atoms with Crippen molar-refractivity contribution in [3.05, 3.63) is 35.4 Å². The van der Waals surface area contributed by atoms with Crippen molar-refractivity contribution in [1.82, 2.24) is 19.7 Å². The minimum atomic E-state index is -0.0392. The van der Waals surface area contributed by atoms with Crippen LogP contribution in [0.2, 0.25) is 0 Å². The molecule has 1 saturated heterocycles.